The standard InChI is InChI=1S/C17H35NO/c1-4-6-7-8-9-14-19-17(15-18-5-2)12-10-16(3)11-13-17/h16,18H,4-15H2,1-3H3. The van der Waals surface area contributed by atoms with E-state index in [4.69, 9.17) is 4.74 Å². The lowest BCUT2D eigenvalue weighted by Gasteiger charge is -2.39. The fourth-order valence-corrected chi connectivity index (χ4v) is 3.01. The van der Waals surface area contributed by atoms with Gasteiger partial charge in [0.15, 0.2) is 0 Å². The van der Waals surface area contributed by atoms with E-state index in [-0.39, 0.29) is 5.60 Å². The molecule has 0 aromatic carbocycles. The molecule has 0 radical (unpaired) electrons. The minimum Gasteiger partial charge on any atom is -0.374 e. The number of hydrogen-bond donors (Lipinski definition) is 1. The molecule has 0 heterocycles. The summed E-state index contributed by atoms with van der Waals surface area (Å²) in [6, 6.07) is 0. The second-order valence-corrected chi connectivity index (χ2v) is 6.41. The quantitative estimate of drug-likeness (QED) is 0.588. The van der Waals surface area contributed by atoms with Crippen molar-refractivity contribution in [1.82, 2.24) is 5.32 Å². The SMILES string of the molecule is CCCCCCCOC1(CNCC)CCC(C)CC1. The lowest BCUT2D eigenvalue weighted by molar-refractivity contribution is -0.0760. The molecule has 1 fully saturated rings. The zero-order valence-corrected chi connectivity index (χ0v) is 13.5. The summed E-state index contributed by atoms with van der Waals surface area (Å²) >= 11 is 0. The molecule has 19 heavy (non-hydrogen) atoms. The molecule has 0 atom stereocenters. The van der Waals surface area contributed by atoms with E-state index >= 15 is 0 Å². The Hall–Kier alpha value is -0.0800. The van der Waals surface area contributed by atoms with Gasteiger partial charge in [-0.15, -0.1) is 0 Å². The van der Waals surface area contributed by atoms with Gasteiger partial charge in [-0.3, -0.25) is 0 Å². The van der Waals surface area contributed by atoms with Gasteiger partial charge in [0.05, 0.1) is 5.60 Å². The van der Waals surface area contributed by atoms with Crippen LogP contribution in [0.25, 0.3) is 0 Å². The Morgan fingerprint density at radius 1 is 1.05 bits per heavy atom. The Morgan fingerprint density at radius 3 is 2.37 bits per heavy atom. The van der Waals surface area contributed by atoms with Gasteiger partial charge < -0.3 is 10.1 Å². The van der Waals surface area contributed by atoms with Crippen molar-refractivity contribution in [2.45, 2.75) is 84.2 Å². The average Bonchev–Trinajstić information content (AvgIpc) is 2.43. The first-order valence-electron chi connectivity index (χ1n) is 8.57. The Labute approximate surface area is 120 Å². The van der Waals surface area contributed by atoms with Crippen LogP contribution >= 0.6 is 0 Å². The highest BCUT2D eigenvalue weighted by atomic mass is 16.5. The zero-order chi connectivity index (χ0) is 14.0. The van der Waals surface area contributed by atoms with Crippen molar-refractivity contribution < 1.29 is 4.74 Å². The Kier molecular flexibility index (Phi) is 8.72. The molecule has 114 valence electrons. The summed E-state index contributed by atoms with van der Waals surface area (Å²) in [6.45, 7) is 9.89. The molecule has 2 heteroatoms. The van der Waals surface area contributed by atoms with Crippen LogP contribution in [0.4, 0.5) is 0 Å². The summed E-state index contributed by atoms with van der Waals surface area (Å²) in [5.74, 6) is 0.892. The lowest BCUT2D eigenvalue weighted by atomic mass is 9.79. The molecule has 1 rings (SSSR count). The number of nitrogens with one attached hydrogen (secondary N) is 1. The van der Waals surface area contributed by atoms with Gasteiger partial charge in [0.2, 0.25) is 0 Å². The Bertz CT molecular complexity index is 204. The average molecular weight is 269 g/mol. The predicted octanol–water partition coefficient (Wildman–Crippen LogP) is 4.53. The van der Waals surface area contributed by atoms with Crippen LogP contribution in [0.1, 0.15) is 78.6 Å². The monoisotopic (exact) mass is 269 g/mol. The van der Waals surface area contributed by atoms with Crippen LogP contribution in [-0.2, 0) is 4.74 Å². The van der Waals surface area contributed by atoms with Crippen molar-refractivity contribution in [2.24, 2.45) is 5.92 Å². The van der Waals surface area contributed by atoms with Crippen molar-refractivity contribution in [3.8, 4) is 0 Å². The van der Waals surface area contributed by atoms with Gasteiger partial charge in [-0.1, -0.05) is 46.5 Å². The van der Waals surface area contributed by atoms with Crippen LogP contribution in [0.15, 0.2) is 0 Å². The van der Waals surface area contributed by atoms with Crippen LogP contribution in [0, 0.1) is 5.92 Å². The Balaban J connectivity index is 2.25. The summed E-state index contributed by atoms with van der Waals surface area (Å²) in [5, 5.41) is 3.51. The molecule has 0 aliphatic heterocycles. The number of hydrogen-bond acceptors (Lipinski definition) is 2. The first kappa shape index (κ1) is 17.0. The van der Waals surface area contributed by atoms with Crippen LogP contribution in [-0.4, -0.2) is 25.3 Å². The first-order chi connectivity index (χ1) is 9.22. The van der Waals surface area contributed by atoms with E-state index in [0.29, 0.717) is 0 Å². The van der Waals surface area contributed by atoms with Gasteiger partial charge in [-0.2, -0.15) is 0 Å². The highest BCUT2D eigenvalue weighted by Crippen LogP contribution is 2.34. The summed E-state index contributed by atoms with van der Waals surface area (Å²) < 4.78 is 6.34. The smallest absolute Gasteiger partial charge is 0.0806 e. The minimum absolute atomic E-state index is 0.146. The number of rotatable bonds is 10. The predicted molar refractivity (Wildman–Crippen MR) is 83.6 cm³/mol. The van der Waals surface area contributed by atoms with Gasteiger partial charge in [-0.05, 0) is 44.6 Å². The fourth-order valence-electron chi connectivity index (χ4n) is 3.01. The van der Waals surface area contributed by atoms with Crippen molar-refractivity contribution in [3.05, 3.63) is 0 Å². The van der Waals surface area contributed by atoms with Crippen LogP contribution in [0.3, 0.4) is 0 Å². The molecule has 0 aromatic heterocycles. The van der Waals surface area contributed by atoms with Crippen LogP contribution < -0.4 is 5.32 Å². The van der Waals surface area contributed by atoms with Gasteiger partial charge >= 0.3 is 0 Å². The van der Waals surface area contributed by atoms with E-state index in [2.05, 4.69) is 26.1 Å². The summed E-state index contributed by atoms with van der Waals surface area (Å²) in [7, 11) is 0. The van der Waals surface area contributed by atoms with E-state index < -0.39 is 0 Å². The maximum atomic E-state index is 6.34. The molecule has 1 saturated carbocycles. The summed E-state index contributed by atoms with van der Waals surface area (Å²) in [4.78, 5) is 0. The molecular formula is C17H35NO. The number of ether oxygens (including phenoxy) is 1. The number of unbranched alkanes of at least 4 members (excludes halogenated alkanes) is 4. The third-order valence-corrected chi connectivity index (χ3v) is 4.54. The first-order valence-corrected chi connectivity index (χ1v) is 8.57. The highest BCUT2D eigenvalue weighted by Gasteiger charge is 2.34. The Morgan fingerprint density at radius 2 is 1.74 bits per heavy atom. The molecule has 2 nitrogen and oxygen atoms in total. The molecule has 1 aliphatic rings. The van der Waals surface area contributed by atoms with E-state index in [9.17, 15) is 0 Å². The van der Waals surface area contributed by atoms with Crippen molar-refractivity contribution in [1.29, 1.82) is 0 Å². The summed E-state index contributed by atoms with van der Waals surface area (Å²) in [6.07, 6.45) is 11.8. The molecular weight excluding hydrogens is 234 g/mol. The third kappa shape index (κ3) is 6.76. The van der Waals surface area contributed by atoms with Crippen molar-refractivity contribution in [3.63, 3.8) is 0 Å². The molecule has 1 N–H and O–H groups in total. The lowest BCUT2D eigenvalue weighted by Crippen LogP contribution is -2.46. The molecule has 0 saturated heterocycles. The van der Waals surface area contributed by atoms with Crippen molar-refractivity contribution >= 4 is 0 Å². The second kappa shape index (κ2) is 9.77. The van der Waals surface area contributed by atoms with Gasteiger partial charge in [0.1, 0.15) is 0 Å². The molecule has 0 unspecified atom stereocenters. The zero-order valence-electron chi connectivity index (χ0n) is 13.5. The van der Waals surface area contributed by atoms with Gasteiger partial charge in [-0.25, -0.2) is 0 Å². The maximum Gasteiger partial charge on any atom is 0.0806 e. The molecule has 0 bridgehead atoms. The molecule has 1 aliphatic carbocycles. The van der Waals surface area contributed by atoms with Crippen LogP contribution in [0.2, 0.25) is 0 Å². The fraction of sp³-hybridized carbons (Fsp3) is 1.00. The van der Waals surface area contributed by atoms with E-state index in [0.717, 1.165) is 25.6 Å². The van der Waals surface area contributed by atoms with E-state index in [1.54, 1.807) is 0 Å². The normalized spacial score (nSPS) is 27.6. The van der Waals surface area contributed by atoms with Gasteiger partial charge in [0, 0.05) is 13.2 Å². The van der Waals surface area contributed by atoms with Crippen LogP contribution in [0.5, 0.6) is 0 Å². The molecule has 0 spiro atoms. The maximum absolute atomic E-state index is 6.34. The van der Waals surface area contributed by atoms with E-state index in [1.165, 1.54) is 57.8 Å². The highest BCUT2D eigenvalue weighted by molar-refractivity contribution is 4.88. The summed E-state index contributed by atoms with van der Waals surface area (Å²) in [5.41, 5.74) is 0.146. The van der Waals surface area contributed by atoms with E-state index in [1.807, 2.05) is 0 Å². The topological polar surface area (TPSA) is 21.3 Å². The van der Waals surface area contributed by atoms with Gasteiger partial charge in [0.25, 0.3) is 0 Å². The molecule has 0 amide bonds. The second-order valence-electron chi connectivity index (χ2n) is 6.41. The number of likely N-dealkylation sites (N-methyl/N-ethyl adjacent to an activating group) is 1. The van der Waals surface area contributed by atoms with Crippen molar-refractivity contribution in [2.75, 3.05) is 19.7 Å². The third-order valence-electron chi connectivity index (χ3n) is 4.54. The molecule has 0 aromatic rings. The minimum atomic E-state index is 0.146. The largest absolute Gasteiger partial charge is 0.374 e.